The second-order valence-electron chi connectivity index (χ2n) is 7.80. The molecule has 164 valence electrons. The number of nitrogens with zero attached hydrogens (tertiary/aromatic N) is 3. The predicted octanol–water partition coefficient (Wildman–Crippen LogP) is 2.50. The van der Waals surface area contributed by atoms with Crippen LogP contribution >= 0.6 is 0 Å². The fourth-order valence-electron chi connectivity index (χ4n) is 4.22. The molecule has 0 aliphatic carbocycles. The Morgan fingerprint density at radius 1 is 1.00 bits per heavy atom. The third-order valence-corrected chi connectivity index (χ3v) is 5.95. The first-order valence-electron chi connectivity index (χ1n) is 10.2. The summed E-state index contributed by atoms with van der Waals surface area (Å²) in [5.74, 6) is -3.76. The minimum Gasteiger partial charge on any atom is -0.368 e. The van der Waals surface area contributed by atoms with Crippen LogP contribution in [0.1, 0.15) is 40.2 Å². The van der Waals surface area contributed by atoms with Crippen molar-refractivity contribution >= 4 is 29.5 Å². The average Bonchev–Trinajstić information content (AvgIpc) is 2.79. The SMILES string of the molecule is N#Cc1cc(N2CCN(c3cc(F)c(C4CCC(=O)NC4=O)c(F)c3)CC2)ccc1C=O. The number of aldehydes is 1. The van der Waals surface area contributed by atoms with Crippen molar-refractivity contribution in [3.8, 4) is 6.07 Å². The van der Waals surface area contributed by atoms with Crippen LogP contribution in [-0.4, -0.2) is 44.3 Å². The van der Waals surface area contributed by atoms with E-state index in [1.54, 1.807) is 18.2 Å². The van der Waals surface area contributed by atoms with Crippen LogP contribution in [0.4, 0.5) is 20.2 Å². The molecule has 1 unspecified atom stereocenters. The molecule has 2 saturated heterocycles. The van der Waals surface area contributed by atoms with Crippen molar-refractivity contribution in [1.29, 1.82) is 5.26 Å². The van der Waals surface area contributed by atoms with Gasteiger partial charge in [0.1, 0.15) is 11.6 Å². The molecule has 2 aromatic rings. The molecule has 2 aromatic carbocycles. The van der Waals surface area contributed by atoms with Gasteiger partial charge in [-0.15, -0.1) is 0 Å². The summed E-state index contributed by atoms with van der Waals surface area (Å²) in [4.78, 5) is 38.3. The number of nitrogens with one attached hydrogen (secondary N) is 1. The van der Waals surface area contributed by atoms with Gasteiger partial charge < -0.3 is 9.80 Å². The summed E-state index contributed by atoms with van der Waals surface area (Å²) in [6, 6.07) is 9.50. The van der Waals surface area contributed by atoms with Gasteiger partial charge in [-0.25, -0.2) is 8.78 Å². The van der Waals surface area contributed by atoms with E-state index >= 15 is 0 Å². The van der Waals surface area contributed by atoms with Crippen LogP contribution in [0.2, 0.25) is 0 Å². The van der Waals surface area contributed by atoms with E-state index in [0.29, 0.717) is 49.3 Å². The highest BCUT2D eigenvalue weighted by Crippen LogP contribution is 2.33. The summed E-state index contributed by atoms with van der Waals surface area (Å²) >= 11 is 0. The van der Waals surface area contributed by atoms with Crippen molar-refractivity contribution in [2.75, 3.05) is 36.0 Å². The first-order chi connectivity index (χ1) is 15.4. The molecule has 0 aromatic heterocycles. The molecule has 2 aliphatic rings. The zero-order valence-corrected chi connectivity index (χ0v) is 17.1. The molecule has 0 radical (unpaired) electrons. The number of halogens is 2. The minimum atomic E-state index is -1.03. The maximum atomic E-state index is 14.8. The molecule has 2 aliphatic heterocycles. The topological polar surface area (TPSA) is 93.5 Å². The van der Waals surface area contributed by atoms with Crippen molar-refractivity contribution < 1.29 is 23.2 Å². The molecular weight excluding hydrogens is 418 g/mol. The Hall–Kier alpha value is -3.80. The van der Waals surface area contributed by atoms with E-state index < -0.39 is 29.4 Å². The van der Waals surface area contributed by atoms with Crippen LogP contribution in [-0.2, 0) is 9.59 Å². The highest BCUT2D eigenvalue weighted by atomic mass is 19.1. The molecule has 9 heteroatoms. The molecule has 0 spiro atoms. The molecule has 2 amide bonds. The Bertz CT molecular complexity index is 1110. The number of imide groups is 1. The standard InChI is InChI=1S/C23H20F2N4O3/c24-19-10-17(11-20(25)22(19)18-3-4-21(31)27-23(18)32)29-7-5-28(6-8-29)16-2-1-14(13-30)15(9-16)12-26/h1-2,9-11,13,18H,3-8H2,(H,27,31,32). The molecule has 1 atom stereocenters. The fourth-order valence-corrected chi connectivity index (χ4v) is 4.22. The molecule has 0 saturated carbocycles. The van der Waals surface area contributed by atoms with Gasteiger partial charge in [0.05, 0.1) is 17.6 Å². The number of rotatable bonds is 4. The predicted molar refractivity (Wildman–Crippen MR) is 112 cm³/mol. The van der Waals surface area contributed by atoms with Gasteiger partial charge in [0.2, 0.25) is 11.8 Å². The Labute approximate surface area is 183 Å². The van der Waals surface area contributed by atoms with Gasteiger partial charge in [0, 0.05) is 55.1 Å². The lowest BCUT2D eigenvalue weighted by molar-refractivity contribution is -0.134. The summed E-state index contributed by atoms with van der Waals surface area (Å²) < 4.78 is 29.6. The monoisotopic (exact) mass is 438 g/mol. The van der Waals surface area contributed by atoms with E-state index in [0.717, 1.165) is 5.69 Å². The lowest BCUT2D eigenvalue weighted by Gasteiger charge is -2.37. The maximum Gasteiger partial charge on any atom is 0.234 e. The fraction of sp³-hybridized carbons (Fsp3) is 0.304. The molecule has 0 bridgehead atoms. The Balaban J connectivity index is 1.48. The van der Waals surface area contributed by atoms with Gasteiger partial charge in [0.15, 0.2) is 6.29 Å². The largest absolute Gasteiger partial charge is 0.368 e. The number of hydrogen-bond donors (Lipinski definition) is 1. The number of nitriles is 1. The maximum absolute atomic E-state index is 14.8. The lowest BCUT2D eigenvalue weighted by Crippen LogP contribution is -2.46. The van der Waals surface area contributed by atoms with Gasteiger partial charge in [-0.1, -0.05) is 0 Å². The van der Waals surface area contributed by atoms with E-state index in [4.69, 9.17) is 0 Å². The van der Waals surface area contributed by atoms with Gasteiger partial charge >= 0.3 is 0 Å². The van der Waals surface area contributed by atoms with E-state index in [2.05, 4.69) is 5.32 Å². The van der Waals surface area contributed by atoms with Crippen LogP contribution in [0.15, 0.2) is 30.3 Å². The van der Waals surface area contributed by atoms with Crippen LogP contribution in [0.25, 0.3) is 0 Å². The summed E-state index contributed by atoms with van der Waals surface area (Å²) in [6.07, 6.45) is 0.756. The van der Waals surface area contributed by atoms with Crippen molar-refractivity contribution in [1.82, 2.24) is 5.32 Å². The normalized spacial score (nSPS) is 18.8. The van der Waals surface area contributed by atoms with Crippen LogP contribution in [0, 0.1) is 23.0 Å². The molecular formula is C23H20F2N4O3. The number of carbonyl (C=O) groups is 3. The van der Waals surface area contributed by atoms with Gasteiger partial charge in [-0.2, -0.15) is 5.26 Å². The Morgan fingerprint density at radius 3 is 2.19 bits per heavy atom. The smallest absolute Gasteiger partial charge is 0.234 e. The van der Waals surface area contributed by atoms with Crippen molar-refractivity contribution in [2.24, 2.45) is 0 Å². The summed E-state index contributed by atoms with van der Waals surface area (Å²) in [5.41, 5.74) is 1.50. The third kappa shape index (κ3) is 4.04. The summed E-state index contributed by atoms with van der Waals surface area (Å²) in [7, 11) is 0. The number of piperidine rings is 1. The van der Waals surface area contributed by atoms with Crippen molar-refractivity contribution in [3.63, 3.8) is 0 Å². The molecule has 1 N–H and O–H groups in total. The molecule has 2 heterocycles. The van der Waals surface area contributed by atoms with Crippen LogP contribution < -0.4 is 15.1 Å². The first kappa shape index (κ1) is 21.4. The first-order valence-corrected chi connectivity index (χ1v) is 10.2. The molecule has 7 nitrogen and oxygen atoms in total. The lowest BCUT2D eigenvalue weighted by atomic mass is 9.89. The van der Waals surface area contributed by atoms with E-state index in [-0.39, 0.29) is 18.4 Å². The second-order valence-corrected chi connectivity index (χ2v) is 7.80. The highest BCUT2D eigenvalue weighted by Gasteiger charge is 2.33. The van der Waals surface area contributed by atoms with Crippen molar-refractivity contribution in [3.05, 3.63) is 58.7 Å². The number of amides is 2. The van der Waals surface area contributed by atoms with Crippen molar-refractivity contribution in [2.45, 2.75) is 18.8 Å². The molecule has 32 heavy (non-hydrogen) atoms. The van der Waals surface area contributed by atoms with Gasteiger partial charge in [0.25, 0.3) is 0 Å². The number of hydrogen-bond acceptors (Lipinski definition) is 6. The van der Waals surface area contributed by atoms with E-state index in [9.17, 15) is 28.4 Å². The quantitative estimate of drug-likeness (QED) is 0.582. The van der Waals surface area contributed by atoms with Gasteiger partial charge in [-0.3, -0.25) is 19.7 Å². The van der Waals surface area contributed by atoms with Crippen LogP contribution in [0.3, 0.4) is 0 Å². The number of benzene rings is 2. The Kier molecular flexibility index (Phi) is 5.86. The van der Waals surface area contributed by atoms with Gasteiger partial charge in [-0.05, 0) is 36.8 Å². The van der Waals surface area contributed by atoms with E-state index in [1.165, 1.54) is 12.1 Å². The van der Waals surface area contributed by atoms with Crippen LogP contribution in [0.5, 0.6) is 0 Å². The number of anilines is 2. The molecule has 4 rings (SSSR count). The minimum absolute atomic E-state index is 0.0420. The second kappa shape index (κ2) is 8.75. The zero-order valence-electron chi connectivity index (χ0n) is 17.1. The number of carbonyl (C=O) groups excluding carboxylic acids is 3. The Morgan fingerprint density at radius 2 is 1.62 bits per heavy atom. The molecule has 2 fully saturated rings. The summed E-state index contributed by atoms with van der Waals surface area (Å²) in [6.45, 7) is 2.11. The average molecular weight is 438 g/mol. The van der Waals surface area contributed by atoms with E-state index in [1.807, 2.05) is 15.9 Å². The third-order valence-electron chi connectivity index (χ3n) is 5.95. The summed E-state index contributed by atoms with van der Waals surface area (Å²) in [5, 5.41) is 11.3. The zero-order chi connectivity index (χ0) is 22.8. The number of piperazine rings is 1. The highest BCUT2D eigenvalue weighted by molar-refractivity contribution is 6.01.